The Morgan fingerprint density at radius 1 is 1.19 bits per heavy atom. The molecule has 0 spiro atoms. The number of anilines is 2. The van der Waals surface area contributed by atoms with Gasteiger partial charge in [0.1, 0.15) is 17.3 Å². The molecule has 1 aliphatic heterocycles. The highest BCUT2D eigenvalue weighted by atomic mass is 16.5. The van der Waals surface area contributed by atoms with Crippen LogP contribution in [0.3, 0.4) is 0 Å². The first kappa shape index (κ1) is 25.9. The SMILES string of the molecule is COC(=O)c1c(C)cc(N2CCN(C(=O)c3cnc(NCC4CC4)c(C(C)C)n3)C(C)(C)C2)nc1C. The Labute approximate surface area is 213 Å². The number of aryl methyl sites for hydroxylation is 2. The van der Waals surface area contributed by atoms with Crippen LogP contribution in [0, 0.1) is 19.8 Å². The quantitative estimate of drug-likeness (QED) is 0.577. The van der Waals surface area contributed by atoms with Crippen LogP contribution in [0.25, 0.3) is 0 Å². The lowest BCUT2D eigenvalue weighted by Gasteiger charge is -2.47. The predicted octanol–water partition coefficient (Wildman–Crippen LogP) is 3.96. The second-order valence-electron chi connectivity index (χ2n) is 10.9. The maximum atomic E-state index is 13.6. The fourth-order valence-corrected chi connectivity index (χ4v) is 4.86. The summed E-state index contributed by atoms with van der Waals surface area (Å²) in [6.45, 7) is 14.7. The van der Waals surface area contributed by atoms with Crippen LogP contribution >= 0.6 is 0 Å². The highest BCUT2D eigenvalue weighted by Gasteiger charge is 2.38. The van der Waals surface area contributed by atoms with Gasteiger partial charge in [-0.25, -0.2) is 19.7 Å². The van der Waals surface area contributed by atoms with E-state index >= 15 is 0 Å². The number of rotatable bonds is 7. The molecule has 9 heteroatoms. The number of nitrogens with one attached hydrogen (secondary N) is 1. The minimum atomic E-state index is -0.456. The molecule has 36 heavy (non-hydrogen) atoms. The Morgan fingerprint density at radius 3 is 2.50 bits per heavy atom. The van der Waals surface area contributed by atoms with Gasteiger partial charge in [-0.3, -0.25) is 4.79 Å². The molecule has 3 heterocycles. The summed E-state index contributed by atoms with van der Waals surface area (Å²) in [7, 11) is 1.38. The number of nitrogens with zero attached hydrogens (tertiary/aromatic N) is 5. The van der Waals surface area contributed by atoms with Gasteiger partial charge in [0, 0.05) is 26.2 Å². The van der Waals surface area contributed by atoms with Crippen molar-refractivity contribution in [1.29, 1.82) is 0 Å². The Morgan fingerprint density at radius 2 is 1.92 bits per heavy atom. The summed E-state index contributed by atoms with van der Waals surface area (Å²) in [5, 5.41) is 3.43. The van der Waals surface area contributed by atoms with Crippen molar-refractivity contribution in [2.45, 2.75) is 65.8 Å². The number of carbonyl (C=O) groups is 2. The number of piperazine rings is 1. The number of hydrogen-bond acceptors (Lipinski definition) is 8. The average molecular weight is 495 g/mol. The molecule has 2 fully saturated rings. The fraction of sp³-hybridized carbons (Fsp3) is 0.593. The number of aromatic nitrogens is 3. The largest absolute Gasteiger partial charge is 0.465 e. The van der Waals surface area contributed by atoms with Crippen molar-refractivity contribution in [3.63, 3.8) is 0 Å². The monoisotopic (exact) mass is 494 g/mol. The van der Waals surface area contributed by atoms with E-state index in [9.17, 15) is 9.59 Å². The minimum Gasteiger partial charge on any atom is -0.465 e. The lowest BCUT2D eigenvalue weighted by atomic mass is 9.97. The lowest BCUT2D eigenvalue weighted by Crippen LogP contribution is -2.61. The molecule has 2 aliphatic rings. The average Bonchev–Trinajstić information content (AvgIpc) is 3.65. The van der Waals surface area contributed by atoms with Crippen molar-refractivity contribution >= 4 is 23.5 Å². The molecule has 2 aromatic rings. The highest BCUT2D eigenvalue weighted by Crippen LogP contribution is 2.31. The fourth-order valence-electron chi connectivity index (χ4n) is 4.86. The number of esters is 1. The molecule has 194 valence electrons. The second kappa shape index (κ2) is 10.0. The van der Waals surface area contributed by atoms with Gasteiger partial charge in [-0.2, -0.15) is 0 Å². The molecular weight excluding hydrogens is 456 g/mol. The normalized spacial score (nSPS) is 17.3. The van der Waals surface area contributed by atoms with E-state index in [0.29, 0.717) is 36.6 Å². The first-order chi connectivity index (χ1) is 17.0. The molecule has 0 atom stereocenters. The zero-order valence-corrected chi connectivity index (χ0v) is 22.5. The van der Waals surface area contributed by atoms with E-state index in [0.717, 1.165) is 35.4 Å². The van der Waals surface area contributed by atoms with Crippen molar-refractivity contribution in [3.8, 4) is 0 Å². The van der Waals surface area contributed by atoms with Crippen molar-refractivity contribution in [2.75, 3.05) is 43.5 Å². The molecular formula is C27H38N6O3. The number of amides is 1. The van der Waals surface area contributed by atoms with E-state index in [-0.39, 0.29) is 17.8 Å². The molecule has 0 unspecified atom stereocenters. The molecule has 9 nitrogen and oxygen atoms in total. The van der Waals surface area contributed by atoms with E-state index in [4.69, 9.17) is 9.72 Å². The van der Waals surface area contributed by atoms with Crippen LogP contribution in [0.15, 0.2) is 12.3 Å². The Balaban J connectivity index is 1.52. The van der Waals surface area contributed by atoms with Crippen LogP contribution in [-0.4, -0.2) is 70.6 Å². The van der Waals surface area contributed by atoms with Crippen LogP contribution in [0.4, 0.5) is 11.6 Å². The third kappa shape index (κ3) is 5.29. The van der Waals surface area contributed by atoms with E-state index in [1.165, 1.54) is 20.0 Å². The van der Waals surface area contributed by atoms with Gasteiger partial charge in [0.15, 0.2) is 0 Å². The maximum absolute atomic E-state index is 13.6. The van der Waals surface area contributed by atoms with Gasteiger partial charge >= 0.3 is 5.97 Å². The molecule has 0 aromatic carbocycles. The van der Waals surface area contributed by atoms with Crippen LogP contribution in [0.2, 0.25) is 0 Å². The van der Waals surface area contributed by atoms with Gasteiger partial charge in [-0.05, 0) is 64.0 Å². The summed E-state index contributed by atoms with van der Waals surface area (Å²) in [5.41, 5.74) is 2.72. The molecule has 0 radical (unpaired) electrons. The molecule has 1 aliphatic carbocycles. The van der Waals surface area contributed by atoms with Gasteiger partial charge < -0.3 is 19.9 Å². The molecule has 2 aromatic heterocycles. The smallest absolute Gasteiger partial charge is 0.339 e. The number of pyridine rings is 1. The third-order valence-electron chi connectivity index (χ3n) is 7.07. The van der Waals surface area contributed by atoms with Crippen LogP contribution < -0.4 is 10.2 Å². The van der Waals surface area contributed by atoms with Crippen LogP contribution in [-0.2, 0) is 4.74 Å². The Bertz CT molecular complexity index is 1140. The Hall–Kier alpha value is -3.23. The number of ether oxygens (including phenoxy) is 1. The summed E-state index contributed by atoms with van der Waals surface area (Å²) in [5.74, 6) is 1.97. The predicted molar refractivity (Wildman–Crippen MR) is 140 cm³/mol. The number of carbonyl (C=O) groups excluding carboxylic acids is 2. The van der Waals surface area contributed by atoms with E-state index in [2.05, 4.69) is 47.9 Å². The lowest BCUT2D eigenvalue weighted by molar-refractivity contribution is 0.0505. The van der Waals surface area contributed by atoms with Crippen molar-refractivity contribution in [3.05, 3.63) is 40.5 Å². The summed E-state index contributed by atoms with van der Waals surface area (Å²) in [4.78, 5) is 43.8. The summed E-state index contributed by atoms with van der Waals surface area (Å²) < 4.78 is 4.90. The Kier molecular flexibility index (Phi) is 7.20. The maximum Gasteiger partial charge on any atom is 0.339 e. The van der Waals surface area contributed by atoms with Gasteiger partial charge in [-0.1, -0.05) is 13.8 Å². The molecule has 1 N–H and O–H groups in total. The van der Waals surface area contributed by atoms with Crippen LogP contribution in [0.5, 0.6) is 0 Å². The molecule has 1 amide bonds. The molecule has 4 rings (SSSR count). The summed E-state index contributed by atoms with van der Waals surface area (Å²) in [6.07, 6.45) is 4.13. The second-order valence-corrected chi connectivity index (χ2v) is 10.9. The first-order valence-corrected chi connectivity index (χ1v) is 12.8. The standard InChI is InChI=1S/C27H38N6O3/c1-16(2)23-24(28-13-19-8-9-19)29-14-20(31-23)25(34)33-11-10-32(15-27(33,5)6)21-12-17(3)22(18(4)30-21)26(35)36-7/h12,14,16,19H,8-11,13,15H2,1-7H3,(H,28,29). The molecule has 1 saturated carbocycles. The van der Waals surface area contributed by atoms with Crippen molar-refractivity contribution in [1.82, 2.24) is 19.9 Å². The first-order valence-electron chi connectivity index (χ1n) is 12.8. The van der Waals surface area contributed by atoms with E-state index in [1.807, 2.05) is 24.8 Å². The van der Waals surface area contributed by atoms with E-state index in [1.54, 1.807) is 6.20 Å². The summed E-state index contributed by atoms with van der Waals surface area (Å²) >= 11 is 0. The molecule has 1 saturated heterocycles. The number of methoxy groups -OCH3 is 1. The topological polar surface area (TPSA) is 101 Å². The van der Waals surface area contributed by atoms with Crippen LogP contribution in [0.1, 0.15) is 84.3 Å². The van der Waals surface area contributed by atoms with Gasteiger partial charge in [0.2, 0.25) is 0 Å². The third-order valence-corrected chi connectivity index (χ3v) is 7.07. The van der Waals surface area contributed by atoms with Crippen molar-refractivity contribution < 1.29 is 14.3 Å². The molecule has 0 bridgehead atoms. The summed E-state index contributed by atoms with van der Waals surface area (Å²) in [6, 6.07) is 1.92. The number of hydrogen-bond donors (Lipinski definition) is 1. The zero-order valence-electron chi connectivity index (χ0n) is 22.5. The van der Waals surface area contributed by atoms with Crippen molar-refractivity contribution in [2.24, 2.45) is 5.92 Å². The van der Waals surface area contributed by atoms with Gasteiger partial charge in [0.25, 0.3) is 5.91 Å². The van der Waals surface area contributed by atoms with Gasteiger partial charge in [0.05, 0.1) is 35.8 Å². The highest BCUT2D eigenvalue weighted by molar-refractivity contribution is 5.93. The van der Waals surface area contributed by atoms with Gasteiger partial charge in [-0.15, -0.1) is 0 Å². The minimum absolute atomic E-state index is 0.107. The van der Waals surface area contributed by atoms with E-state index < -0.39 is 5.54 Å². The zero-order chi connectivity index (χ0) is 26.2.